The van der Waals surface area contributed by atoms with Gasteiger partial charge in [0, 0.05) is 26.3 Å². The zero-order valence-corrected chi connectivity index (χ0v) is 13.9. The van der Waals surface area contributed by atoms with Gasteiger partial charge in [0.2, 0.25) is 0 Å². The lowest BCUT2D eigenvalue weighted by Crippen LogP contribution is -2.49. The number of piperidine rings is 1. The van der Waals surface area contributed by atoms with E-state index in [0.29, 0.717) is 11.5 Å². The van der Waals surface area contributed by atoms with E-state index in [-0.39, 0.29) is 0 Å². The van der Waals surface area contributed by atoms with Crippen LogP contribution in [0.5, 0.6) is 0 Å². The molecule has 0 bridgehead atoms. The van der Waals surface area contributed by atoms with Crippen molar-refractivity contribution in [1.29, 1.82) is 0 Å². The van der Waals surface area contributed by atoms with Gasteiger partial charge in [-0.15, -0.1) is 0 Å². The zero-order valence-electron chi connectivity index (χ0n) is 10.2. The number of halogens is 2. The van der Waals surface area contributed by atoms with Gasteiger partial charge in [0.1, 0.15) is 0 Å². The Morgan fingerprint density at radius 3 is 2.88 bits per heavy atom. The van der Waals surface area contributed by atoms with Gasteiger partial charge in [0.15, 0.2) is 0 Å². The summed E-state index contributed by atoms with van der Waals surface area (Å²) in [5.74, 6) is 0. The molecule has 4 heteroatoms. The summed E-state index contributed by atoms with van der Waals surface area (Å²) in [5.41, 5.74) is 1.49. The highest BCUT2D eigenvalue weighted by Gasteiger charge is 2.32. The largest absolute Gasteiger partial charge is 0.381 e. The summed E-state index contributed by atoms with van der Waals surface area (Å²) in [7, 11) is 0. The summed E-state index contributed by atoms with van der Waals surface area (Å²) in [6.07, 6.45) is 1.17. The lowest BCUT2D eigenvalue weighted by molar-refractivity contribution is 0.236. The maximum Gasteiger partial charge on any atom is 0.0487 e. The number of rotatable bonds is 2. The first-order valence-electron chi connectivity index (χ1n) is 5.91. The van der Waals surface area contributed by atoms with E-state index >= 15 is 0 Å². The molecule has 0 amide bonds. The fourth-order valence-corrected chi connectivity index (χ4v) is 3.65. The van der Waals surface area contributed by atoms with E-state index in [0.717, 1.165) is 17.6 Å². The summed E-state index contributed by atoms with van der Waals surface area (Å²) >= 11 is 5.96. The van der Waals surface area contributed by atoms with Crippen LogP contribution in [0.2, 0.25) is 0 Å². The van der Waals surface area contributed by atoms with Crippen LogP contribution in [0.1, 0.15) is 20.3 Å². The standard InChI is InChI=1S/C13H18BrIN2/c1-13(2)8-16-6-5-12(13)17-11-4-3-9(15)7-10(11)14/h3-4,7,12,16-17H,5-6,8H2,1-2H3. The minimum Gasteiger partial charge on any atom is -0.381 e. The van der Waals surface area contributed by atoms with Crippen molar-refractivity contribution in [2.45, 2.75) is 26.3 Å². The fourth-order valence-electron chi connectivity index (χ4n) is 2.23. The van der Waals surface area contributed by atoms with E-state index in [2.05, 4.69) is 81.2 Å². The first-order chi connectivity index (χ1) is 7.99. The molecule has 0 aliphatic carbocycles. The highest BCUT2D eigenvalue weighted by atomic mass is 127. The maximum absolute atomic E-state index is 3.68. The Hall–Kier alpha value is 0.190. The van der Waals surface area contributed by atoms with Gasteiger partial charge >= 0.3 is 0 Å². The normalized spacial score (nSPS) is 23.4. The molecule has 0 saturated carbocycles. The van der Waals surface area contributed by atoms with Crippen molar-refractivity contribution in [2.24, 2.45) is 5.41 Å². The van der Waals surface area contributed by atoms with Crippen LogP contribution in [-0.4, -0.2) is 19.1 Å². The second kappa shape index (κ2) is 5.45. The van der Waals surface area contributed by atoms with E-state index in [9.17, 15) is 0 Å². The Bertz CT molecular complexity index is 406. The average Bonchev–Trinajstić information content (AvgIpc) is 2.24. The van der Waals surface area contributed by atoms with Crippen LogP contribution in [0.15, 0.2) is 22.7 Å². The molecule has 0 radical (unpaired) electrons. The van der Waals surface area contributed by atoms with Gasteiger partial charge in [-0.2, -0.15) is 0 Å². The number of benzene rings is 1. The fraction of sp³-hybridized carbons (Fsp3) is 0.538. The Kier molecular flexibility index (Phi) is 4.36. The van der Waals surface area contributed by atoms with Crippen LogP contribution in [0.3, 0.4) is 0 Å². The summed E-state index contributed by atoms with van der Waals surface area (Å²) in [5, 5.41) is 7.14. The predicted molar refractivity (Wildman–Crippen MR) is 85.5 cm³/mol. The van der Waals surface area contributed by atoms with Crippen LogP contribution >= 0.6 is 38.5 Å². The molecule has 0 aromatic heterocycles. The highest BCUT2D eigenvalue weighted by Crippen LogP contribution is 2.31. The van der Waals surface area contributed by atoms with Crippen molar-refractivity contribution in [3.05, 3.63) is 26.2 Å². The molecule has 1 fully saturated rings. The lowest BCUT2D eigenvalue weighted by Gasteiger charge is -2.40. The van der Waals surface area contributed by atoms with Crippen molar-refractivity contribution < 1.29 is 0 Å². The minimum absolute atomic E-state index is 0.292. The summed E-state index contributed by atoms with van der Waals surface area (Å²) in [6.45, 7) is 6.81. The van der Waals surface area contributed by atoms with Gasteiger partial charge < -0.3 is 10.6 Å². The molecule has 2 N–H and O–H groups in total. The third kappa shape index (κ3) is 3.35. The lowest BCUT2D eigenvalue weighted by atomic mass is 9.80. The SMILES string of the molecule is CC1(C)CNCCC1Nc1ccc(I)cc1Br. The molecule has 1 saturated heterocycles. The van der Waals surface area contributed by atoms with E-state index in [1.165, 1.54) is 15.7 Å². The van der Waals surface area contributed by atoms with Gasteiger partial charge in [-0.25, -0.2) is 0 Å². The Labute approximate surface area is 125 Å². The minimum atomic E-state index is 0.292. The molecule has 1 unspecified atom stereocenters. The molecule has 17 heavy (non-hydrogen) atoms. The van der Waals surface area contributed by atoms with Gasteiger partial charge in [-0.3, -0.25) is 0 Å². The maximum atomic E-state index is 3.68. The molecular formula is C13H18BrIN2. The topological polar surface area (TPSA) is 24.1 Å². The zero-order chi connectivity index (χ0) is 12.5. The van der Waals surface area contributed by atoms with Crippen LogP contribution in [0.25, 0.3) is 0 Å². The van der Waals surface area contributed by atoms with Crippen molar-refractivity contribution in [1.82, 2.24) is 5.32 Å². The first kappa shape index (κ1) is 13.6. The third-order valence-corrected chi connectivity index (χ3v) is 4.72. The molecule has 1 heterocycles. The van der Waals surface area contributed by atoms with E-state index in [1.807, 2.05) is 0 Å². The summed E-state index contributed by atoms with van der Waals surface area (Å²) < 4.78 is 2.41. The Balaban J connectivity index is 2.14. The third-order valence-electron chi connectivity index (χ3n) is 3.39. The Morgan fingerprint density at radius 2 is 2.24 bits per heavy atom. The van der Waals surface area contributed by atoms with Gasteiger partial charge in [-0.1, -0.05) is 13.8 Å². The van der Waals surface area contributed by atoms with Crippen LogP contribution in [0.4, 0.5) is 5.69 Å². The van der Waals surface area contributed by atoms with Crippen LogP contribution in [-0.2, 0) is 0 Å². The second-order valence-corrected chi connectivity index (χ2v) is 7.38. The van der Waals surface area contributed by atoms with Gasteiger partial charge in [-0.05, 0) is 75.1 Å². The highest BCUT2D eigenvalue weighted by molar-refractivity contribution is 14.1. The smallest absolute Gasteiger partial charge is 0.0487 e. The van der Waals surface area contributed by atoms with Crippen LogP contribution in [0, 0.1) is 8.99 Å². The van der Waals surface area contributed by atoms with E-state index in [1.54, 1.807) is 0 Å². The molecule has 1 aliphatic heterocycles. The predicted octanol–water partition coefficient (Wildman–Crippen LogP) is 3.85. The molecule has 94 valence electrons. The number of hydrogen-bond acceptors (Lipinski definition) is 2. The summed E-state index contributed by atoms with van der Waals surface area (Å²) in [4.78, 5) is 0. The van der Waals surface area contributed by atoms with Crippen molar-refractivity contribution in [2.75, 3.05) is 18.4 Å². The van der Waals surface area contributed by atoms with Crippen molar-refractivity contribution >= 4 is 44.2 Å². The first-order valence-corrected chi connectivity index (χ1v) is 7.78. The molecule has 1 aliphatic rings. The van der Waals surface area contributed by atoms with Crippen LogP contribution < -0.4 is 10.6 Å². The number of nitrogens with one attached hydrogen (secondary N) is 2. The molecule has 1 aromatic carbocycles. The quantitative estimate of drug-likeness (QED) is 0.726. The monoisotopic (exact) mass is 408 g/mol. The van der Waals surface area contributed by atoms with Crippen molar-refractivity contribution in [3.63, 3.8) is 0 Å². The number of hydrogen-bond donors (Lipinski definition) is 2. The van der Waals surface area contributed by atoms with E-state index in [4.69, 9.17) is 0 Å². The molecule has 1 atom stereocenters. The second-order valence-electron chi connectivity index (χ2n) is 5.28. The van der Waals surface area contributed by atoms with Crippen molar-refractivity contribution in [3.8, 4) is 0 Å². The van der Waals surface area contributed by atoms with Gasteiger partial charge in [0.25, 0.3) is 0 Å². The molecule has 1 aromatic rings. The van der Waals surface area contributed by atoms with Gasteiger partial charge in [0.05, 0.1) is 0 Å². The molecular weight excluding hydrogens is 391 g/mol. The molecule has 0 spiro atoms. The average molecular weight is 409 g/mol. The number of anilines is 1. The summed E-state index contributed by atoms with van der Waals surface area (Å²) in [6, 6.07) is 6.97. The molecule has 2 rings (SSSR count). The molecule has 2 nitrogen and oxygen atoms in total. The Morgan fingerprint density at radius 1 is 1.47 bits per heavy atom. The van der Waals surface area contributed by atoms with E-state index < -0.39 is 0 Å².